The fourth-order valence-corrected chi connectivity index (χ4v) is 9.90. The molecule has 2 aromatic rings. The fourth-order valence-electron chi connectivity index (χ4n) is 2.45. The summed E-state index contributed by atoms with van der Waals surface area (Å²) >= 11 is 0. The van der Waals surface area contributed by atoms with Crippen LogP contribution < -0.4 is 10.4 Å². The second-order valence-electron chi connectivity index (χ2n) is 7.80. The monoisotopic (exact) mass is 372 g/mol. The minimum Gasteiger partial charge on any atom is -0.488 e. The molecule has 0 aliphatic heterocycles. The molecule has 0 radical (unpaired) electrons. The van der Waals surface area contributed by atoms with Gasteiger partial charge in [-0.05, 0) is 18.1 Å². The third-order valence-corrected chi connectivity index (χ3v) is 14.4. The maximum Gasteiger partial charge on any atom is 0.460 e. The molecule has 5 heteroatoms. The van der Waals surface area contributed by atoms with E-state index in [0.29, 0.717) is 0 Å². The Morgan fingerprint density at radius 2 is 1.24 bits per heavy atom. The number of benzene rings is 2. The molecule has 0 heterocycles. The predicted octanol–water partition coefficient (Wildman–Crippen LogP) is 3.83. The van der Waals surface area contributed by atoms with Crippen molar-refractivity contribution in [2.45, 2.75) is 45.8 Å². The van der Waals surface area contributed by atoms with Crippen molar-refractivity contribution in [3.05, 3.63) is 60.7 Å². The van der Waals surface area contributed by atoms with Crippen molar-refractivity contribution in [2.24, 2.45) is 0 Å². The van der Waals surface area contributed by atoms with Crippen LogP contribution in [0.2, 0.25) is 18.1 Å². The Bertz CT molecular complexity index is 667. The van der Waals surface area contributed by atoms with Crippen molar-refractivity contribution in [1.82, 2.24) is 0 Å². The van der Waals surface area contributed by atoms with Gasteiger partial charge in [-0.1, -0.05) is 81.4 Å². The van der Waals surface area contributed by atoms with E-state index in [1.165, 1.54) is 6.92 Å². The number of carbonyl (C=O) groups excluding carboxylic acids is 1. The average molecular weight is 373 g/mol. The third kappa shape index (κ3) is 4.29. The molecule has 0 saturated carbocycles. The second kappa shape index (κ2) is 7.27. The van der Waals surface area contributed by atoms with Gasteiger partial charge in [-0.3, -0.25) is 4.79 Å². The number of hydrogen-bond acceptors (Lipinski definition) is 3. The first-order valence-corrected chi connectivity index (χ1v) is 13.3. The molecule has 0 atom stereocenters. The first-order chi connectivity index (χ1) is 11.6. The molecule has 2 aromatic carbocycles. The zero-order valence-corrected chi connectivity index (χ0v) is 18.0. The molecule has 0 bridgehead atoms. The van der Waals surface area contributed by atoms with Gasteiger partial charge in [0.1, 0.15) is 0 Å². The summed E-state index contributed by atoms with van der Waals surface area (Å²) < 4.78 is 13.0. The molecular weight excluding hydrogens is 344 g/mol. The first kappa shape index (κ1) is 19.6. The second-order valence-corrected chi connectivity index (χ2v) is 15.7. The summed E-state index contributed by atoms with van der Waals surface area (Å²) in [4.78, 5) is 12.1. The third-order valence-electron chi connectivity index (χ3n) is 4.80. The van der Waals surface area contributed by atoms with E-state index in [9.17, 15) is 4.79 Å². The summed E-state index contributed by atoms with van der Waals surface area (Å²) in [6.45, 7) is 12.4. The normalized spacial score (nSPS) is 12.7. The zero-order chi connectivity index (χ0) is 18.7. The molecule has 0 unspecified atom stereocenters. The standard InChI is InChI=1S/C20H28O3Si2/c1-17(21)22-25(18-13-9-7-10-14-18,19-15-11-8-12-16-19)23-24(5,6)20(2,3)4/h7-16H,1-6H3. The molecule has 0 N–H and O–H groups in total. The van der Waals surface area contributed by atoms with Crippen LogP contribution in [-0.2, 0) is 13.3 Å². The van der Waals surface area contributed by atoms with Gasteiger partial charge in [-0.2, -0.15) is 0 Å². The summed E-state index contributed by atoms with van der Waals surface area (Å²) in [6.07, 6.45) is 0. The quantitative estimate of drug-likeness (QED) is 0.748. The van der Waals surface area contributed by atoms with Gasteiger partial charge < -0.3 is 8.54 Å². The molecule has 2 rings (SSSR count). The van der Waals surface area contributed by atoms with E-state index >= 15 is 0 Å². The molecule has 0 saturated heterocycles. The first-order valence-electron chi connectivity index (χ1n) is 8.59. The molecule has 0 aliphatic rings. The van der Waals surface area contributed by atoms with Gasteiger partial charge in [0.25, 0.3) is 5.97 Å². The summed E-state index contributed by atoms with van der Waals surface area (Å²) in [5, 5.41) is 1.93. The minimum absolute atomic E-state index is 0.00889. The van der Waals surface area contributed by atoms with Gasteiger partial charge in [-0.15, -0.1) is 0 Å². The number of carbonyl (C=O) groups is 1. The van der Waals surface area contributed by atoms with Crippen molar-refractivity contribution < 1.29 is 13.3 Å². The largest absolute Gasteiger partial charge is 0.488 e. The minimum atomic E-state index is -3.14. The lowest BCUT2D eigenvalue weighted by Gasteiger charge is -2.43. The summed E-state index contributed by atoms with van der Waals surface area (Å²) in [7, 11) is -5.33. The highest BCUT2D eigenvalue weighted by Gasteiger charge is 2.52. The lowest BCUT2D eigenvalue weighted by molar-refractivity contribution is -0.133. The van der Waals surface area contributed by atoms with Gasteiger partial charge in [0.15, 0.2) is 8.32 Å². The maximum atomic E-state index is 12.1. The van der Waals surface area contributed by atoms with Gasteiger partial charge >= 0.3 is 8.56 Å². The van der Waals surface area contributed by atoms with Crippen LogP contribution in [0.25, 0.3) is 0 Å². The Labute approximate surface area is 153 Å². The predicted molar refractivity (Wildman–Crippen MR) is 108 cm³/mol. The Hall–Kier alpha value is -1.70. The van der Waals surface area contributed by atoms with E-state index < -0.39 is 16.9 Å². The zero-order valence-electron chi connectivity index (χ0n) is 16.0. The SMILES string of the molecule is CC(=O)O[Si](O[Si](C)(C)C(C)(C)C)(c1ccccc1)c1ccccc1. The van der Waals surface area contributed by atoms with Crippen LogP contribution >= 0.6 is 0 Å². The Balaban J connectivity index is 2.70. The maximum absolute atomic E-state index is 12.1. The van der Waals surface area contributed by atoms with Crippen LogP contribution in [0.15, 0.2) is 60.7 Å². The Kier molecular flexibility index (Phi) is 5.71. The van der Waals surface area contributed by atoms with Crippen molar-refractivity contribution in [3.8, 4) is 0 Å². The Morgan fingerprint density at radius 3 is 1.56 bits per heavy atom. The summed E-state index contributed by atoms with van der Waals surface area (Å²) in [5.41, 5.74) is 0. The lowest BCUT2D eigenvalue weighted by atomic mass is 10.2. The highest BCUT2D eigenvalue weighted by Crippen LogP contribution is 2.38. The van der Waals surface area contributed by atoms with Crippen molar-refractivity contribution in [2.75, 3.05) is 0 Å². The van der Waals surface area contributed by atoms with Crippen molar-refractivity contribution >= 4 is 33.2 Å². The van der Waals surface area contributed by atoms with Crippen LogP contribution in [0.5, 0.6) is 0 Å². The summed E-state index contributed by atoms with van der Waals surface area (Å²) in [6, 6.07) is 19.9. The number of rotatable bonds is 5. The molecule has 0 fully saturated rings. The van der Waals surface area contributed by atoms with Crippen LogP contribution in [0.4, 0.5) is 0 Å². The molecule has 134 valence electrons. The van der Waals surface area contributed by atoms with Gasteiger partial charge in [0.2, 0.25) is 0 Å². The van der Waals surface area contributed by atoms with E-state index in [0.717, 1.165) is 10.4 Å². The van der Waals surface area contributed by atoms with E-state index in [2.05, 4.69) is 33.9 Å². The van der Waals surface area contributed by atoms with Crippen LogP contribution in [0, 0.1) is 0 Å². The average Bonchev–Trinajstić information content (AvgIpc) is 2.54. The van der Waals surface area contributed by atoms with Gasteiger partial charge in [-0.25, -0.2) is 0 Å². The number of hydrogen-bond donors (Lipinski definition) is 0. The van der Waals surface area contributed by atoms with Crippen molar-refractivity contribution in [3.63, 3.8) is 0 Å². The van der Waals surface area contributed by atoms with Crippen LogP contribution in [0.1, 0.15) is 27.7 Å². The molecule has 3 nitrogen and oxygen atoms in total. The van der Waals surface area contributed by atoms with E-state index in [4.69, 9.17) is 8.54 Å². The van der Waals surface area contributed by atoms with Crippen LogP contribution in [-0.4, -0.2) is 22.8 Å². The van der Waals surface area contributed by atoms with Crippen molar-refractivity contribution in [1.29, 1.82) is 0 Å². The topological polar surface area (TPSA) is 35.5 Å². The van der Waals surface area contributed by atoms with E-state index in [-0.39, 0.29) is 11.0 Å². The lowest BCUT2D eigenvalue weighted by Crippen LogP contribution is -2.69. The smallest absolute Gasteiger partial charge is 0.460 e. The molecule has 0 aliphatic carbocycles. The molecule has 25 heavy (non-hydrogen) atoms. The fraction of sp³-hybridized carbons (Fsp3) is 0.350. The highest BCUT2D eigenvalue weighted by molar-refractivity contribution is 6.99. The molecule has 0 amide bonds. The van der Waals surface area contributed by atoms with E-state index in [1.54, 1.807) is 0 Å². The van der Waals surface area contributed by atoms with Crippen LogP contribution in [0.3, 0.4) is 0 Å². The molecular formula is C20H28O3Si2. The molecule has 0 aromatic heterocycles. The highest BCUT2D eigenvalue weighted by atomic mass is 28.4. The van der Waals surface area contributed by atoms with Gasteiger partial charge in [0, 0.05) is 17.3 Å². The summed E-state index contributed by atoms with van der Waals surface area (Å²) in [5.74, 6) is -0.307. The molecule has 0 spiro atoms. The van der Waals surface area contributed by atoms with Gasteiger partial charge in [0.05, 0.1) is 0 Å². The van der Waals surface area contributed by atoms with E-state index in [1.807, 2.05) is 60.7 Å². The Morgan fingerprint density at radius 1 is 0.840 bits per heavy atom.